The molecule has 0 saturated carbocycles. The summed E-state index contributed by atoms with van der Waals surface area (Å²) in [6.07, 6.45) is 1.73. The molecule has 2 rings (SSSR count). The second kappa shape index (κ2) is 9.24. The van der Waals surface area contributed by atoms with E-state index in [0.29, 0.717) is 31.0 Å². The minimum atomic E-state index is -0.0602. The number of nitrogens with zero attached hydrogens (tertiary/aromatic N) is 1. The molecule has 0 aliphatic heterocycles. The number of methoxy groups -OCH3 is 1. The van der Waals surface area contributed by atoms with Crippen molar-refractivity contribution >= 4 is 22.4 Å². The Morgan fingerprint density at radius 1 is 1.33 bits per heavy atom. The van der Waals surface area contributed by atoms with Gasteiger partial charge in [-0.05, 0) is 37.6 Å². The predicted octanol–water partition coefficient (Wildman–Crippen LogP) is 2.84. The summed E-state index contributed by atoms with van der Waals surface area (Å²) < 4.78 is 10.7. The van der Waals surface area contributed by atoms with Gasteiger partial charge >= 0.3 is 0 Å². The van der Waals surface area contributed by atoms with E-state index in [1.54, 1.807) is 7.11 Å². The molecule has 1 aromatic heterocycles. The number of aromatic nitrogens is 1. The Hall–Kier alpha value is -2.12. The summed E-state index contributed by atoms with van der Waals surface area (Å²) in [6, 6.07) is 7.42. The van der Waals surface area contributed by atoms with E-state index in [1.165, 1.54) is 11.3 Å². The summed E-state index contributed by atoms with van der Waals surface area (Å²) in [7, 11) is 1.62. The van der Waals surface area contributed by atoms with Crippen molar-refractivity contribution in [2.75, 3.05) is 19.0 Å². The zero-order valence-electron chi connectivity index (χ0n) is 14.0. The highest BCUT2D eigenvalue weighted by atomic mass is 32.1. The first-order valence-corrected chi connectivity index (χ1v) is 8.71. The fourth-order valence-electron chi connectivity index (χ4n) is 2.06. The number of carbonyl (C=O) groups excluding carboxylic acids is 1. The smallest absolute Gasteiger partial charge is 0.226 e. The number of hydrogen-bond acceptors (Lipinski definition) is 6. The number of thiazole rings is 1. The number of hydrogen-bond donors (Lipinski definition) is 2. The van der Waals surface area contributed by atoms with E-state index >= 15 is 0 Å². The molecular formula is C17H23N3O3S. The van der Waals surface area contributed by atoms with Crippen LogP contribution in [0.5, 0.6) is 11.5 Å². The van der Waals surface area contributed by atoms with Crippen molar-refractivity contribution in [3.63, 3.8) is 0 Å². The molecule has 1 unspecified atom stereocenters. The molecule has 0 bridgehead atoms. The van der Waals surface area contributed by atoms with Gasteiger partial charge in [0.1, 0.15) is 11.5 Å². The van der Waals surface area contributed by atoms with Crippen LogP contribution in [0.25, 0.3) is 0 Å². The third kappa shape index (κ3) is 6.17. The molecule has 0 radical (unpaired) electrons. The highest BCUT2D eigenvalue weighted by molar-refractivity contribution is 7.13. The monoisotopic (exact) mass is 349 g/mol. The van der Waals surface area contributed by atoms with Gasteiger partial charge in [-0.3, -0.25) is 4.79 Å². The average Bonchev–Trinajstić information content (AvgIpc) is 2.98. The lowest BCUT2D eigenvalue weighted by Gasteiger charge is -2.07. The minimum absolute atomic E-state index is 0.0602. The Morgan fingerprint density at radius 3 is 2.71 bits per heavy atom. The van der Waals surface area contributed by atoms with Gasteiger partial charge in [0.05, 0.1) is 19.4 Å². The third-order valence-corrected chi connectivity index (χ3v) is 4.01. The van der Waals surface area contributed by atoms with Crippen LogP contribution in [-0.4, -0.2) is 30.6 Å². The molecule has 130 valence electrons. The first-order chi connectivity index (χ1) is 11.6. The van der Waals surface area contributed by atoms with E-state index in [0.717, 1.165) is 17.2 Å². The molecule has 1 aromatic carbocycles. The van der Waals surface area contributed by atoms with Crippen LogP contribution in [-0.2, 0) is 11.2 Å². The van der Waals surface area contributed by atoms with Crippen LogP contribution in [0.4, 0.5) is 5.13 Å². The van der Waals surface area contributed by atoms with Crippen molar-refractivity contribution in [1.82, 2.24) is 4.98 Å². The Kier molecular flexibility index (Phi) is 7.02. The van der Waals surface area contributed by atoms with Crippen LogP contribution >= 0.6 is 11.3 Å². The van der Waals surface area contributed by atoms with E-state index in [4.69, 9.17) is 15.2 Å². The zero-order chi connectivity index (χ0) is 17.4. The number of carbonyl (C=O) groups is 1. The van der Waals surface area contributed by atoms with Gasteiger partial charge in [0, 0.05) is 24.3 Å². The molecule has 1 amide bonds. The Balaban J connectivity index is 1.66. The molecule has 1 atom stereocenters. The van der Waals surface area contributed by atoms with Gasteiger partial charge in [0.25, 0.3) is 0 Å². The summed E-state index contributed by atoms with van der Waals surface area (Å²) in [4.78, 5) is 16.2. The van der Waals surface area contributed by atoms with Gasteiger partial charge in [-0.25, -0.2) is 4.98 Å². The largest absolute Gasteiger partial charge is 0.497 e. The number of anilines is 1. The maximum absolute atomic E-state index is 11.9. The van der Waals surface area contributed by atoms with Gasteiger partial charge in [0.15, 0.2) is 5.13 Å². The average molecular weight is 349 g/mol. The molecule has 0 saturated heterocycles. The van der Waals surface area contributed by atoms with Crippen molar-refractivity contribution in [3.05, 3.63) is 35.3 Å². The lowest BCUT2D eigenvalue weighted by atomic mass is 10.2. The number of nitrogens with one attached hydrogen (secondary N) is 1. The quantitative estimate of drug-likeness (QED) is 0.680. The molecule has 0 aliphatic rings. The van der Waals surface area contributed by atoms with Gasteiger partial charge in [0.2, 0.25) is 5.91 Å². The molecule has 0 spiro atoms. The highest BCUT2D eigenvalue weighted by Crippen LogP contribution is 2.18. The number of amides is 1. The predicted molar refractivity (Wildman–Crippen MR) is 95.8 cm³/mol. The molecule has 3 N–H and O–H groups in total. The standard InChI is InChI=1S/C17H23N3O3S/c1-12(18)10-13-11-24-17(19-13)20-16(21)4-3-9-23-15-7-5-14(22-2)6-8-15/h5-8,11-12H,3-4,9-10,18H2,1-2H3,(H,19,20,21). The van der Waals surface area contributed by atoms with Gasteiger partial charge in [-0.2, -0.15) is 0 Å². The second-order valence-corrected chi connectivity index (χ2v) is 6.36. The van der Waals surface area contributed by atoms with Crippen molar-refractivity contribution < 1.29 is 14.3 Å². The summed E-state index contributed by atoms with van der Waals surface area (Å²) in [5, 5.41) is 5.34. The number of ether oxygens (including phenoxy) is 2. The van der Waals surface area contributed by atoms with E-state index in [2.05, 4.69) is 10.3 Å². The maximum atomic E-state index is 11.9. The van der Waals surface area contributed by atoms with E-state index in [-0.39, 0.29) is 11.9 Å². The van der Waals surface area contributed by atoms with Gasteiger partial charge < -0.3 is 20.5 Å². The van der Waals surface area contributed by atoms with E-state index in [1.807, 2.05) is 36.6 Å². The first-order valence-electron chi connectivity index (χ1n) is 7.83. The first kappa shape index (κ1) is 18.2. The van der Waals surface area contributed by atoms with Gasteiger partial charge in [-0.1, -0.05) is 0 Å². The molecule has 24 heavy (non-hydrogen) atoms. The van der Waals surface area contributed by atoms with Crippen LogP contribution < -0.4 is 20.5 Å². The lowest BCUT2D eigenvalue weighted by Crippen LogP contribution is -2.18. The summed E-state index contributed by atoms with van der Waals surface area (Å²) in [5.74, 6) is 1.49. The van der Waals surface area contributed by atoms with Crippen molar-refractivity contribution in [2.45, 2.75) is 32.2 Å². The molecule has 0 aliphatic carbocycles. The fourth-order valence-corrected chi connectivity index (χ4v) is 2.80. The molecular weight excluding hydrogens is 326 g/mol. The fraction of sp³-hybridized carbons (Fsp3) is 0.412. The number of benzene rings is 1. The number of nitrogens with two attached hydrogens (primary N) is 1. The Bertz CT molecular complexity index is 641. The SMILES string of the molecule is COc1ccc(OCCCC(=O)Nc2nc(CC(C)N)cs2)cc1. The molecule has 7 heteroatoms. The Labute approximate surface area is 146 Å². The molecule has 2 aromatic rings. The van der Waals surface area contributed by atoms with Crippen LogP contribution in [0.1, 0.15) is 25.5 Å². The summed E-state index contributed by atoms with van der Waals surface area (Å²) in [6.45, 7) is 2.41. The van der Waals surface area contributed by atoms with E-state index in [9.17, 15) is 4.79 Å². The normalized spacial score (nSPS) is 11.8. The minimum Gasteiger partial charge on any atom is -0.497 e. The summed E-state index contributed by atoms with van der Waals surface area (Å²) in [5.41, 5.74) is 6.65. The van der Waals surface area contributed by atoms with Crippen molar-refractivity contribution in [2.24, 2.45) is 5.73 Å². The zero-order valence-corrected chi connectivity index (χ0v) is 14.8. The molecule has 0 fully saturated rings. The maximum Gasteiger partial charge on any atom is 0.226 e. The number of rotatable bonds is 9. The molecule has 6 nitrogen and oxygen atoms in total. The van der Waals surface area contributed by atoms with Crippen LogP contribution in [0.3, 0.4) is 0 Å². The summed E-state index contributed by atoms with van der Waals surface area (Å²) >= 11 is 1.42. The van der Waals surface area contributed by atoms with Crippen LogP contribution in [0.2, 0.25) is 0 Å². The van der Waals surface area contributed by atoms with Gasteiger partial charge in [-0.15, -0.1) is 11.3 Å². The molecule has 1 heterocycles. The van der Waals surface area contributed by atoms with Crippen LogP contribution in [0, 0.1) is 0 Å². The highest BCUT2D eigenvalue weighted by Gasteiger charge is 2.08. The van der Waals surface area contributed by atoms with Crippen molar-refractivity contribution in [3.8, 4) is 11.5 Å². The topological polar surface area (TPSA) is 86.5 Å². The Morgan fingerprint density at radius 2 is 2.04 bits per heavy atom. The van der Waals surface area contributed by atoms with E-state index < -0.39 is 0 Å². The van der Waals surface area contributed by atoms with Crippen LogP contribution in [0.15, 0.2) is 29.6 Å². The third-order valence-electron chi connectivity index (χ3n) is 3.21. The lowest BCUT2D eigenvalue weighted by molar-refractivity contribution is -0.116. The second-order valence-electron chi connectivity index (χ2n) is 5.50. The van der Waals surface area contributed by atoms with Crippen molar-refractivity contribution in [1.29, 1.82) is 0 Å².